The van der Waals surface area contributed by atoms with Gasteiger partial charge in [0.25, 0.3) is 5.91 Å². The monoisotopic (exact) mass is 426 g/mol. The van der Waals surface area contributed by atoms with Crippen molar-refractivity contribution in [2.24, 2.45) is 0 Å². The zero-order valence-corrected chi connectivity index (χ0v) is 18.6. The van der Waals surface area contributed by atoms with E-state index in [1.807, 2.05) is 6.92 Å². The Hall–Kier alpha value is -2.18. The van der Waals surface area contributed by atoms with Crippen LogP contribution in [0.4, 0.5) is 0 Å². The van der Waals surface area contributed by atoms with Crippen LogP contribution in [0.25, 0.3) is 0 Å². The molecule has 1 saturated heterocycles. The molecule has 1 amide bonds. The number of carbonyl (C=O) groups excluding carboxylic acids is 1. The fourth-order valence-electron chi connectivity index (χ4n) is 4.49. The lowest BCUT2D eigenvalue weighted by molar-refractivity contribution is 0.0939. The van der Waals surface area contributed by atoms with Gasteiger partial charge in [-0.3, -0.25) is 4.79 Å². The van der Waals surface area contributed by atoms with Crippen LogP contribution < -0.4 is 5.32 Å². The first-order valence-electron chi connectivity index (χ1n) is 10.9. The zero-order valence-electron chi connectivity index (χ0n) is 17.8. The van der Waals surface area contributed by atoms with Crippen LogP contribution in [0.1, 0.15) is 71.3 Å². The van der Waals surface area contributed by atoms with Crippen molar-refractivity contribution >= 4 is 15.9 Å². The van der Waals surface area contributed by atoms with Crippen LogP contribution in [0.2, 0.25) is 0 Å². The van der Waals surface area contributed by atoms with Gasteiger partial charge in [0.2, 0.25) is 10.0 Å². The average Bonchev–Trinajstić information content (AvgIpc) is 3.22. The normalized spacial score (nSPS) is 18.1. The Balaban J connectivity index is 1.54. The molecule has 0 spiro atoms. The number of sulfonamides is 1. The summed E-state index contributed by atoms with van der Waals surface area (Å²) in [5, 5.41) is 3.03. The number of aryl methyl sites for hydroxylation is 3. The molecule has 6 heteroatoms. The minimum absolute atomic E-state index is 0.146. The lowest BCUT2D eigenvalue weighted by Crippen LogP contribution is -2.36. The molecule has 0 saturated carbocycles. The second-order valence-electron chi connectivity index (χ2n) is 8.52. The van der Waals surface area contributed by atoms with Crippen molar-refractivity contribution in [1.29, 1.82) is 0 Å². The molecular formula is C24H30N2O3S. The van der Waals surface area contributed by atoms with Gasteiger partial charge in [-0.15, -0.1) is 0 Å². The number of hydrogen-bond acceptors (Lipinski definition) is 3. The Morgan fingerprint density at radius 1 is 0.967 bits per heavy atom. The molecule has 1 atom stereocenters. The second-order valence-corrected chi connectivity index (χ2v) is 10.4. The maximum atomic E-state index is 13.1. The van der Waals surface area contributed by atoms with Crippen LogP contribution in [0.3, 0.4) is 0 Å². The number of hydrogen-bond donors (Lipinski definition) is 1. The van der Waals surface area contributed by atoms with Crippen molar-refractivity contribution in [3.05, 3.63) is 64.2 Å². The molecule has 1 aliphatic carbocycles. The fourth-order valence-corrected chi connectivity index (χ4v) is 6.26. The Labute approximate surface area is 179 Å². The minimum atomic E-state index is -3.58. The van der Waals surface area contributed by atoms with E-state index in [1.54, 1.807) is 23.4 Å². The number of rotatable bonds is 5. The van der Waals surface area contributed by atoms with Crippen molar-refractivity contribution in [3.63, 3.8) is 0 Å². The number of fused-ring (bicyclic) bond motifs is 1. The van der Waals surface area contributed by atoms with Crippen molar-refractivity contribution in [2.75, 3.05) is 13.1 Å². The van der Waals surface area contributed by atoms with Crippen LogP contribution in [0.5, 0.6) is 0 Å². The Morgan fingerprint density at radius 3 is 2.47 bits per heavy atom. The second kappa shape index (κ2) is 8.52. The summed E-state index contributed by atoms with van der Waals surface area (Å²) in [6.07, 6.45) is 6.26. The summed E-state index contributed by atoms with van der Waals surface area (Å²) in [6.45, 7) is 4.85. The smallest absolute Gasteiger partial charge is 0.251 e. The van der Waals surface area contributed by atoms with E-state index in [1.165, 1.54) is 23.6 Å². The quantitative estimate of drug-likeness (QED) is 0.781. The number of nitrogens with one attached hydrogen (secondary N) is 1. The van der Waals surface area contributed by atoms with Crippen molar-refractivity contribution < 1.29 is 13.2 Å². The van der Waals surface area contributed by atoms with Gasteiger partial charge in [-0.05, 0) is 80.3 Å². The van der Waals surface area contributed by atoms with Crippen LogP contribution >= 0.6 is 0 Å². The lowest BCUT2D eigenvalue weighted by atomic mass is 10.0. The zero-order chi connectivity index (χ0) is 21.3. The third-order valence-electron chi connectivity index (χ3n) is 6.35. The Morgan fingerprint density at radius 2 is 1.70 bits per heavy atom. The lowest BCUT2D eigenvalue weighted by Gasteiger charge is -2.26. The molecule has 0 radical (unpaired) electrons. The highest BCUT2D eigenvalue weighted by molar-refractivity contribution is 7.89. The van der Waals surface area contributed by atoms with Crippen molar-refractivity contribution in [1.82, 2.24) is 9.62 Å². The van der Waals surface area contributed by atoms with Crippen LogP contribution in [0, 0.1) is 6.92 Å². The molecular weight excluding hydrogens is 396 g/mol. The summed E-state index contributed by atoms with van der Waals surface area (Å²) in [5.41, 5.74) is 4.91. The Kier molecular flexibility index (Phi) is 5.98. The summed E-state index contributed by atoms with van der Waals surface area (Å²) in [6, 6.07) is 11.2. The topological polar surface area (TPSA) is 66.5 Å². The van der Waals surface area contributed by atoms with E-state index in [0.717, 1.165) is 37.7 Å². The molecule has 4 rings (SSSR count). The number of nitrogens with zero attached hydrogens (tertiary/aromatic N) is 1. The van der Waals surface area contributed by atoms with Gasteiger partial charge in [0, 0.05) is 18.7 Å². The summed E-state index contributed by atoms with van der Waals surface area (Å²) in [7, 11) is -3.58. The highest BCUT2D eigenvalue weighted by Crippen LogP contribution is 2.27. The van der Waals surface area contributed by atoms with E-state index < -0.39 is 10.0 Å². The Bertz CT molecular complexity index is 1060. The molecule has 2 aromatic carbocycles. The third-order valence-corrected chi connectivity index (χ3v) is 8.39. The van der Waals surface area contributed by atoms with Gasteiger partial charge in [-0.1, -0.05) is 30.7 Å². The molecule has 1 N–H and O–H groups in total. The fraction of sp³-hybridized carbons (Fsp3) is 0.458. The maximum absolute atomic E-state index is 13.1. The first kappa shape index (κ1) is 21.1. The molecule has 2 aromatic rings. The first-order valence-corrected chi connectivity index (χ1v) is 12.3. The summed E-state index contributed by atoms with van der Waals surface area (Å²) in [4.78, 5) is 13.1. The highest BCUT2D eigenvalue weighted by Gasteiger charge is 2.28. The minimum Gasteiger partial charge on any atom is -0.346 e. The van der Waals surface area contributed by atoms with Gasteiger partial charge in [-0.25, -0.2) is 8.42 Å². The van der Waals surface area contributed by atoms with Gasteiger partial charge in [0.1, 0.15) is 0 Å². The molecule has 1 heterocycles. The molecule has 0 unspecified atom stereocenters. The van der Waals surface area contributed by atoms with Gasteiger partial charge in [-0.2, -0.15) is 4.31 Å². The average molecular weight is 427 g/mol. The van der Waals surface area contributed by atoms with Gasteiger partial charge >= 0.3 is 0 Å². The van der Waals surface area contributed by atoms with Crippen LogP contribution in [-0.2, 0) is 22.9 Å². The van der Waals surface area contributed by atoms with Crippen LogP contribution in [-0.4, -0.2) is 31.7 Å². The molecule has 5 nitrogen and oxygen atoms in total. The number of amides is 1. The summed E-state index contributed by atoms with van der Waals surface area (Å²) in [5.74, 6) is -0.252. The van der Waals surface area contributed by atoms with E-state index in [2.05, 4.69) is 23.5 Å². The molecule has 0 aromatic heterocycles. The van der Waals surface area contributed by atoms with Gasteiger partial charge < -0.3 is 5.32 Å². The largest absolute Gasteiger partial charge is 0.346 e. The molecule has 2 aliphatic rings. The van der Waals surface area contributed by atoms with E-state index >= 15 is 0 Å². The van der Waals surface area contributed by atoms with Crippen LogP contribution in [0.15, 0.2) is 41.3 Å². The van der Waals surface area contributed by atoms with E-state index in [4.69, 9.17) is 0 Å². The third kappa shape index (κ3) is 4.16. The van der Waals surface area contributed by atoms with Gasteiger partial charge in [0.05, 0.1) is 10.9 Å². The number of carbonyl (C=O) groups is 1. The summed E-state index contributed by atoms with van der Waals surface area (Å²) >= 11 is 0. The molecule has 1 fully saturated rings. The van der Waals surface area contributed by atoms with E-state index in [9.17, 15) is 13.2 Å². The van der Waals surface area contributed by atoms with E-state index in [-0.39, 0.29) is 16.8 Å². The van der Waals surface area contributed by atoms with Crippen molar-refractivity contribution in [3.8, 4) is 0 Å². The number of benzene rings is 2. The SMILES string of the molecule is Cc1ccc(C(=O)N[C@H](C)c2ccc3c(c2)CCC3)cc1S(=O)(=O)N1CCCCC1. The molecule has 0 bridgehead atoms. The summed E-state index contributed by atoms with van der Waals surface area (Å²) < 4.78 is 27.8. The van der Waals surface area contributed by atoms with E-state index in [0.29, 0.717) is 24.2 Å². The van der Waals surface area contributed by atoms with Gasteiger partial charge in [0.15, 0.2) is 0 Å². The molecule has 1 aliphatic heterocycles. The molecule has 30 heavy (non-hydrogen) atoms. The predicted octanol–water partition coefficient (Wildman–Crippen LogP) is 4.15. The predicted molar refractivity (Wildman–Crippen MR) is 118 cm³/mol. The number of piperidine rings is 1. The standard InChI is InChI=1S/C24H30N2O3S/c1-17-9-10-22(16-23(17)30(28,29)26-13-4-3-5-14-26)24(27)25-18(2)20-12-11-19-7-6-8-21(19)15-20/h9-12,15-16,18H,3-8,13-14H2,1-2H3,(H,25,27)/t18-/m1/s1. The molecule has 160 valence electrons. The highest BCUT2D eigenvalue weighted by atomic mass is 32.2. The first-order chi connectivity index (χ1) is 14.4. The maximum Gasteiger partial charge on any atom is 0.251 e. The van der Waals surface area contributed by atoms with Crippen molar-refractivity contribution in [2.45, 2.75) is 63.3 Å².